The van der Waals surface area contributed by atoms with Crippen molar-refractivity contribution in [3.8, 4) is 0 Å². The molecule has 3 rings (SSSR count). The zero-order valence-corrected chi connectivity index (χ0v) is 19.2. The summed E-state index contributed by atoms with van der Waals surface area (Å²) in [4.78, 5) is 43.2. The lowest BCUT2D eigenvalue weighted by Gasteiger charge is -2.24. The van der Waals surface area contributed by atoms with Gasteiger partial charge in [0.15, 0.2) is 5.69 Å². The summed E-state index contributed by atoms with van der Waals surface area (Å²) in [6.45, 7) is 4.54. The van der Waals surface area contributed by atoms with E-state index in [4.69, 9.17) is 5.73 Å². The Hall–Kier alpha value is -3.26. The lowest BCUT2D eigenvalue weighted by Crippen LogP contribution is -2.42. The number of H-pyrrole nitrogens is 1. The number of aromatic amines is 1. The van der Waals surface area contributed by atoms with E-state index >= 15 is 0 Å². The second-order valence-corrected chi connectivity index (χ2v) is 8.54. The third-order valence-corrected chi connectivity index (χ3v) is 6.31. The Morgan fingerprint density at radius 1 is 1.09 bits per heavy atom. The number of benzene rings is 2. The quantitative estimate of drug-likeness (QED) is 0.485. The van der Waals surface area contributed by atoms with E-state index in [2.05, 4.69) is 4.98 Å². The molecule has 0 unspecified atom stereocenters. The Morgan fingerprint density at radius 2 is 1.78 bits per heavy atom. The monoisotopic (exact) mass is 452 g/mol. The number of nitrogen functional groups attached to an aromatic ring is 1. The number of anilines is 2. The van der Waals surface area contributed by atoms with Crippen LogP contribution in [0.2, 0.25) is 0 Å². The highest BCUT2D eigenvalue weighted by atomic mass is 32.2. The summed E-state index contributed by atoms with van der Waals surface area (Å²) in [6.07, 6.45) is 1.55. The number of carbonyl (C=O) groups excluding carboxylic acids is 1. The van der Waals surface area contributed by atoms with Crippen molar-refractivity contribution >= 4 is 29.2 Å². The first kappa shape index (κ1) is 23.4. The van der Waals surface area contributed by atoms with Crippen molar-refractivity contribution in [1.29, 1.82) is 0 Å². The molecule has 2 aromatic carbocycles. The molecule has 32 heavy (non-hydrogen) atoms. The zero-order chi connectivity index (χ0) is 23.1. The Labute approximate surface area is 191 Å². The molecule has 1 aromatic heterocycles. The molecule has 1 heterocycles. The van der Waals surface area contributed by atoms with Gasteiger partial charge in [-0.1, -0.05) is 61.9 Å². The third-order valence-electron chi connectivity index (χ3n) is 5.15. The van der Waals surface area contributed by atoms with Gasteiger partial charge in [-0.2, -0.15) is 0 Å². The number of nitrogens with one attached hydrogen (secondary N) is 1. The van der Waals surface area contributed by atoms with Gasteiger partial charge in [0.25, 0.3) is 5.56 Å². The maximum absolute atomic E-state index is 13.2. The van der Waals surface area contributed by atoms with Crippen LogP contribution in [0.3, 0.4) is 0 Å². The molecule has 0 fully saturated rings. The molecule has 0 saturated carbocycles. The van der Waals surface area contributed by atoms with Crippen LogP contribution in [0.4, 0.5) is 11.5 Å². The van der Waals surface area contributed by atoms with E-state index in [0.29, 0.717) is 13.0 Å². The highest BCUT2D eigenvalue weighted by Gasteiger charge is 2.24. The molecule has 8 heteroatoms. The second-order valence-electron chi connectivity index (χ2n) is 7.52. The fraction of sp³-hybridized carbons (Fsp3) is 0.292. The highest BCUT2D eigenvalue weighted by molar-refractivity contribution is 8.00. The third kappa shape index (κ3) is 5.50. The molecule has 1 amide bonds. The van der Waals surface area contributed by atoms with Gasteiger partial charge in [0.1, 0.15) is 5.82 Å². The fourth-order valence-corrected chi connectivity index (χ4v) is 4.28. The van der Waals surface area contributed by atoms with Crippen LogP contribution in [-0.2, 0) is 11.3 Å². The average Bonchev–Trinajstić information content (AvgIpc) is 2.78. The van der Waals surface area contributed by atoms with E-state index < -0.39 is 11.2 Å². The lowest BCUT2D eigenvalue weighted by atomic mass is 10.2. The van der Waals surface area contributed by atoms with Gasteiger partial charge in [-0.05, 0) is 30.5 Å². The number of aromatic nitrogens is 2. The molecule has 0 bridgehead atoms. The van der Waals surface area contributed by atoms with Crippen LogP contribution < -0.4 is 21.9 Å². The summed E-state index contributed by atoms with van der Waals surface area (Å²) in [5.41, 5.74) is 7.04. The van der Waals surface area contributed by atoms with E-state index in [9.17, 15) is 14.4 Å². The van der Waals surface area contributed by atoms with Crippen molar-refractivity contribution in [1.82, 2.24) is 9.55 Å². The lowest BCUT2D eigenvalue weighted by molar-refractivity contribution is -0.116. The van der Waals surface area contributed by atoms with Crippen molar-refractivity contribution in [3.63, 3.8) is 0 Å². The van der Waals surface area contributed by atoms with Crippen LogP contribution in [0.15, 0.2) is 69.1 Å². The van der Waals surface area contributed by atoms with E-state index in [-0.39, 0.29) is 29.7 Å². The number of unbranched alkanes of at least 4 members (excludes halogenated alkanes) is 1. The Bertz CT molecular complexity index is 1190. The normalized spacial score (nSPS) is 10.8. The van der Waals surface area contributed by atoms with Crippen molar-refractivity contribution in [2.45, 2.75) is 38.1 Å². The van der Waals surface area contributed by atoms with Gasteiger partial charge in [0.2, 0.25) is 5.91 Å². The maximum atomic E-state index is 13.2. The Balaban J connectivity index is 1.94. The zero-order valence-electron chi connectivity index (χ0n) is 18.3. The van der Waals surface area contributed by atoms with Crippen molar-refractivity contribution in [2.75, 3.05) is 22.9 Å². The molecule has 0 aliphatic carbocycles. The van der Waals surface area contributed by atoms with Crippen LogP contribution in [0.5, 0.6) is 0 Å². The average molecular weight is 453 g/mol. The minimum atomic E-state index is -0.651. The molecule has 7 nitrogen and oxygen atoms in total. The van der Waals surface area contributed by atoms with E-state index in [1.807, 2.05) is 68.4 Å². The van der Waals surface area contributed by atoms with Gasteiger partial charge >= 0.3 is 5.69 Å². The maximum Gasteiger partial charge on any atom is 0.330 e. The Kier molecular flexibility index (Phi) is 7.94. The number of carbonyl (C=O) groups is 1. The number of nitrogens with zero attached hydrogens (tertiary/aromatic N) is 2. The van der Waals surface area contributed by atoms with Crippen LogP contribution in [0.1, 0.15) is 30.9 Å². The topological polar surface area (TPSA) is 101 Å². The number of nitrogens with two attached hydrogens (primary N) is 1. The molecule has 168 valence electrons. The summed E-state index contributed by atoms with van der Waals surface area (Å²) in [5, 5.41) is 0. The van der Waals surface area contributed by atoms with Gasteiger partial charge in [-0.25, -0.2) is 4.79 Å². The summed E-state index contributed by atoms with van der Waals surface area (Å²) in [6, 6.07) is 17.2. The molecular weight excluding hydrogens is 424 g/mol. The largest absolute Gasteiger partial charge is 0.383 e. The van der Waals surface area contributed by atoms with Crippen molar-refractivity contribution < 1.29 is 4.79 Å². The van der Waals surface area contributed by atoms with Crippen LogP contribution in [0, 0.1) is 6.92 Å². The second kappa shape index (κ2) is 10.9. The van der Waals surface area contributed by atoms with Crippen LogP contribution in [-0.4, -0.2) is 27.8 Å². The minimum Gasteiger partial charge on any atom is -0.383 e. The number of amides is 1. The molecule has 3 aromatic rings. The minimum absolute atomic E-state index is 0.00653. The van der Waals surface area contributed by atoms with Crippen molar-refractivity contribution in [2.24, 2.45) is 0 Å². The van der Waals surface area contributed by atoms with Crippen LogP contribution >= 0.6 is 11.8 Å². The summed E-state index contributed by atoms with van der Waals surface area (Å²) >= 11 is 1.42. The molecule has 3 N–H and O–H groups in total. The fourth-order valence-electron chi connectivity index (χ4n) is 3.37. The summed E-state index contributed by atoms with van der Waals surface area (Å²) < 4.78 is 1.30. The predicted molar refractivity (Wildman–Crippen MR) is 130 cm³/mol. The smallest absolute Gasteiger partial charge is 0.330 e. The SMILES string of the molecule is CCCCN(C(=O)CSc1ccccc1C)c1c(N)n(Cc2ccccc2)c(=O)[nH]c1=O. The standard InChI is InChI=1S/C24H28N4O3S/c1-3-4-14-27(20(29)16-32-19-13-9-8-10-17(19)2)21-22(25)28(24(31)26-23(21)30)15-18-11-6-5-7-12-18/h5-13H,3-4,14-16,25H2,1-2H3,(H,26,30,31). The predicted octanol–water partition coefficient (Wildman–Crippen LogP) is 3.40. The highest BCUT2D eigenvalue weighted by Crippen LogP contribution is 2.24. The Morgan fingerprint density at radius 3 is 2.47 bits per heavy atom. The van der Waals surface area contributed by atoms with Gasteiger partial charge < -0.3 is 10.6 Å². The van der Waals surface area contributed by atoms with Gasteiger partial charge in [0, 0.05) is 11.4 Å². The molecule has 0 aliphatic rings. The van der Waals surface area contributed by atoms with E-state index in [1.165, 1.54) is 21.2 Å². The van der Waals surface area contributed by atoms with Gasteiger partial charge in [-0.3, -0.25) is 19.1 Å². The van der Waals surface area contributed by atoms with E-state index in [0.717, 1.165) is 22.4 Å². The summed E-state index contributed by atoms with van der Waals surface area (Å²) in [7, 11) is 0. The van der Waals surface area contributed by atoms with E-state index in [1.54, 1.807) is 0 Å². The molecule has 0 atom stereocenters. The first-order valence-corrected chi connectivity index (χ1v) is 11.6. The van der Waals surface area contributed by atoms with Gasteiger partial charge in [0.05, 0.1) is 12.3 Å². The number of thioether (sulfide) groups is 1. The molecule has 0 aliphatic heterocycles. The number of hydrogen-bond acceptors (Lipinski definition) is 5. The molecule has 0 radical (unpaired) electrons. The molecular formula is C24H28N4O3S. The number of rotatable bonds is 9. The van der Waals surface area contributed by atoms with Crippen LogP contribution in [0.25, 0.3) is 0 Å². The molecule has 0 spiro atoms. The first-order chi connectivity index (χ1) is 15.4. The number of aryl methyl sites for hydroxylation is 1. The first-order valence-electron chi connectivity index (χ1n) is 10.6. The summed E-state index contributed by atoms with van der Waals surface area (Å²) in [5.74, 6) is -0.0765. The molecule has 0 saturated heterocycles. The number of hydrogen-bond donors (Lipinski definition) is 2. The van der Waals surface area contributed by atoms with Crippen molar-refractivity contribution in [3.05, 3.63) is 86.6 Å². The van der Waals surface area contributed by atoms with Gasteiger partial charge in [-0.15, -0.1) is 11.8 Å².